The maximum absolute atomic E-state index is 11.8. The number of nitrogens with one attached hydrogen (secondary N) is 3. The molecule has 0 aromatic heterocycles. The Morgan fingerprint density at radius 1 is 0.913 bits per heavy atom. The molecule has 0 unspecified atom stereocenters. The first-order valence-corrected chi connectivity index (χ1v) is 7.21. The minimum absolute atomic E-state index is 0.164. The lowest BCUT2D eigenvalue weighted by Gasteiger charge is -2.09. The number of urea groups is 1. The zero-order valence-electron chi connectivity index (χ0n) is 12.8. The first-order valence-electron chi connectivity index (χ1n) is 7.21. The molecule has 0 saturated heterocycles. The van der Waals surface area contributed by atoms with Crippen molar-refractivity contribution < 1.29 is 14.3 Å². The SMILES string of the molecule is COc1ccc(NC(=O)NCCNC(=O)c2ccccc2)cc1. The maximum Gasteiger partial charge on any atom is 0.319 e. The van der Waals surface area contributed by atoms with Gasteiger partial charge in [-0.05, 0) is 36.4 Å². The van der Waals surface area contributed by atoms with E-state index < -0.39 is 0 Å². The molecule has 2 rings (SSSR count). The highest BCUT2D eigenvalue weighted by Crippen LogP contribution is 2.14. The molecular weight excluding hydrogens is 294 g/mol. The lowest BCUT2D eigenvalue weighted by atomic mass is 10.2. The van der Waals surface area contributed by atoms with Crippen molar-refractivity contribution in [3.63, 3.8) is 0 Å². The number of benzene rings is 2. The molecule has 23 heavy (non-hydrogen) atoms. The van der Waals surface area contributed by atoms with Crippen molar-refractivity contribution in [2.24, 2.45) is 0 Å². The Bertz CT molecular complexity index is 642. The van der Waals surface area contributed by atoms with Gasteiger partial charge in [-0.1, -0.05) is 18.2 Å². The molecule has 0 saturated carbocycles. The molecule has 0 fully saturated rings. The van der Waals surface area contributed by atoms with E-state index in [1.165, 1.54) is 0 Å². The highest BCUT2D eigenvalue weighted by Gasteiger charge is 2.04. The van der Waals surface area contributed by atoms with E-state index in [9.17, 15) is 9.59 Å². The molecule has 0 heterocycles. The van der Waals surface area contributed by atoms with Crippen LogP contribution in [-0.2, 0) is 0 Å². The van der Waals surface area contributed by atoms with E-state index >= 15 is 0 Å². The van der Waals surface area contributed by atoms with E-state index in [2.05, 4.69) is 16.0 Å². The van der Waals surface area contributed by atoms with Gasteiger partial charge in [0.1, 0.15) is 5.75 Å². The molecule has 3 amide bonds. The molecule has 0 aliphatic heterocycles. The van der Waals surface area contributed by atoms with Gasteiger partial charge in [-0.3, -0.25) is 4.79 Å². The minimum Gasteiger partial charge on any atom is -0.497 e. The van der Waals surface area contributed by atoms with Gasteiger partial charge in [0.15, 0.2) is 0 Å². The summed E-state index contributed by atoms with van der Waals surface area (Å²) in [5.74, 6) is 0.558. The van der Waals surface area contributed by atoms with Gasteiger partial charge in [-0.15, -0.1) is 0 Å². The predicted molar refractivity (Wildman–Crippen MR) is 88.8 cm³/mol. The lowest BCUT2D eigenvalue weighted by Crippen LogP contribution is -2.36. The van der Waals surface area contributed by atoms with Crippen LogP contribution < -0.4 is 20.7 Å². The Labute approximate surface area is 134 Å². The largest absolute Gasteiger partial charge is 0.497 e. The van der Waals surface area contributed by atoms with Crippen molar-refractivity contribution in [2.75, 3.05) is 25.5 Å². The Morgan fingerprint density at radius 3 is 2.22 bits per heavy atom. The number of rotatable bonds is 6. The topological polar surface area (TPSA) is 79.5 Å². The summed E-state index contributed by atoms with van der Waals surface area (Å²) < 4.78 is 5.04. The molecule has 0 atom stereocenters. The Kier molecular flexibility index (Phi) is 5.99. The second-order valence-corrected chi connectivity index (χ2v) is 4.73. The smallest absolute Gasteiger partial charge is 0.319 e. The van der Waals surface area contributed by atoms with Gasteiger partial charge < -0.3 is 20.7 Å². The average Bonchev–Trinajstić information content (AvgIpc) is 2.60. The maximum atomic E-state index is 11.8. The quantitative estimate of drug-likeness (QED) is 0.716. The first kappa shape index (κ1) is 16.4. The van der Waals surface area contributed by atoms with Crippen molar-refractivity contribution in [2.45, 2.75) is 0 Å². The summed E-state index contributed by atoms with van der Waals surface area (Å²) in [4.78, 5) is 23.5. The van der Waals surface area contributed by atoms with E-state index in [0.717, 1.165) is 5.75 Å². The van der Waals surface area contributed by atoms with E-state index in [0.29, 0.717) is 24.3 Å². The Balaban J connectivity index is 1.67. The van der Waals surface area contributed by atoms with Crippen LogP contribution in [0.25, 0.3) is 0 Å². The van der Waals surface area contributed by atoms with Crippen molar-refractivity contribution in [1.82, 2.24) is 10.6 Å². The van der Waals surface area contributed by atoms with Crippen LogP contribution in [0.2, 0.25) is 0 Å². The highest BCUT2D eigenvalue weighted by molar-refractivity contribution is 5.94. The third-order valence-corrected chi connectivity index (χ3v) is 3.08. The number of carbonyl (C=O) groups excluding carboxylic acids is 2. The fourth-order valence-electron chi connectivity index (χ4n) is 1.89. The molecule has 3 N–H and O–H groups in total. The molecule has 6 nitrogen and oxygen atoms in total. The Morgan fingerprint density at radius 2 is 1.57 bits per heavy atom. The molecule has 2 aromatic rings. The molecule has 0 aliphatic rings. The van der Waals surface area contributed by atoms with Crippen LogP contribution in [0.3, 0.4) is 0 Å². The van der Waals surface area contributed by atoms with Gasteiger partial charge in [-0.25, -0.2) is 4.79 Å². The van der Waals surface area contributed by atoms with Crippen LogP contribution in [0.5, 0.6) is 5.75 Å². The molecular formula is C17H19N3O3. The monoisotopic (exact) mass is 313 g/mol. The third kappa shape index (κ3) is 5.35. The summed E-state index contributed by atoms with van der Waals surface area (Å²) in [7, 11) is 1.58. The first-order chi connectivity index (χ1) is 11.2. The summed E-state index contributed by atoms with van der Waals surface area (Å²) in [6.07, 6.45) is 0. The number of hydrogen-bond donors (Lipinski definition) is 3. The third-order valence-electron chi connectivity index (χ3n) is 3.08. The second kappa shape index (κ2) is 8.43. The van der Waals surface area contributed by atoms with Crippen molar-refractivity contribution in [3.05, 3.63) is 60.2 Å². The van der Waals surface area contributed by atoms with Crippen LogP contribution in [-0.4, -0.2) is 32.1 Å². The molecule has 0 bridgehead atoms. The molecule has 120 valence electrons. The van der Waals surface area contributed by atoms with Gasteiger partial charge in [0, 0.05) is 24.3 Å². The van der Waals surface area contributed by atoms with E-state index in [1.54, 1.807) is 55.6 Å². The van der Waals surface area contributed by atoms with E-state index in [-0.39, 0.29) is 11.9 Å². The fourth-order valence-corrected chi connectivity index (χ4v) is 1.89. The molecule has 0 aliphatic carbocycles. The normalized spacial score (nSPS) is 9.78. The predicted octanol–water partition coefficient (Wildman–Crippen LogP) is 2.25. The van der Waals surface area contributed by atoms with Crippen LogP contribution in [0, 0.1) is 0 Å². The standard InChI is InChI=1S/C17H19N3O3/c1-23-15-9-7-14(8-10-15)20-17(22)19-12-11-18-16(21)13-5-3-2-4-6-13/h2-10H,11-12H2,1H3,(H,18,21)(H2,19,20,22). The average molecular weight is 313 g/mol. The highest BCUT2D eigenvalue weighted by atomic mass is 16.5. The summed E-state index contributed by atoms with van der Waals surface area (Å²) in [5, 5.41) is 8.10. The fraction of sp³-hybridized carbons (Fsp3) is 0.176. The van der Waals surface area contributed by atoms with Gasteiger partial charge in [-0.2, -0.15) is 0 Å². The van der Waals surface area contributed by atoms with Crippen LogP contribution in [0.1, 0.15) is 10.4 Å². The number of carbonyl (C=O) groups is 2. The minimum atomic E-state index is -0.330. The molecule has 6 heteroatoms. The van der Waals surface area contributed by atoms with Crippen molar-refractivity contribution in [3.8, 4) is 5.75 Å². The number of ether oxygens (including phenoxy) is 1. The van der Waals surface area contributed by atoms with Gasteiger partial charge in [0.2, 0.25) is 0 Å². The summed E-state index contributed by atoms with van der Waals surface area (Å²) in [5.41, 5.74) is 1.26. The zero-order valence-corrected chi connectivity index (χ0v) is 12.8. The summed E-state index contributed by atoms with van der Waals surface area (Å²) >= 11 is 0. The van der Waals surface area contributed by atoms with Crippen molar-refractivity contribution >= 4 is 17.6 Å². The number of anilines is 1. The summed E-state index contributed by atoms with van der Waals surface area (Å²) in [6.45, 7) is 0.685. The van der Waals surface area contributed by atoms with E-state index in [1.807, 2.05) is 6.07 Å². The molecule has 0 spiro atoms. The molecule has 0 radical (unpaired) electrons. The zero-order chi connectivity index (χ0) is 16.5. The van der Waals surface area contributed by atoms with Gasteiger partial charge >= 0.3 is 6.03 Å². The molecule has 2 aromatic carbocycles. The van der Waals surface area contributed by atoms with Gasteiger partial charge in [0.25, 0.3) is 5.91 Å². The second-order valence-electron chi connectivity index (χ2n) is 4.73. The number of methoxy groups -OCH3 is 1. The van der Waals surface area contributed by atoms with E-state index in [4.69, 9.17) is 4.74 Å². The number of hydrogen-bond acceptors (Lipinski definition) is 3. The lowest BCUT2D eigenvalue weighted by molar-refractivity contribution is 0.0954. The van der Waals surface area contributed by atoms with Crippen LogP contribution in [0.4, 0.5) is 10.5 Å². The van der Waals surface area contributed by atoms with Crippen LogP contribution >= 0.6 is 0 Å². The number of amides is 3. The van der Waals surface area contributed by atoms with Crippen molar-refractivity contribution in [1.29, 1.82) is 0 Å². The summed E-state index contributed by atoms with van der Waals surface area (Å²) in [6, 6.07) is 15.6. The Hall–Kier alpha value is -3.02. The van der Waals surface area contributed by atoms with Gasteiger partial charge in [0.05, 0.1) is 7.11 Å². The van der Waals surface area contributed by atoms with Crippen LogP contribution in [0.15, 0.2) is 54.6 Å².